The molecule has 184 valence electrons. The van der Waals surface area contributed by atoms with Crippen LogP contribution >= 0.6 is 11.3 Å². The van der Waals surface area contributed by atoms with Crippen molar-refractivity contribution >= 4 is 29.4 Å². The van der Waals surface area contributed by atoms with Gasteiger partial charge in [0.05, 0.1) is 41.1 Å². The van der Waals surface area contributed by atoms with E-state index < -0.39 is 18.0 Å². The van der Waals surface area contributed by atoms with E-state index in [9.17, 15) is 14.4 Å². The SMILES string of the molecule is COC(=O)c1ccc(C2C(C(=O)OCC(C)C)=C(C)N=c3sc(=CC4CC=CCC4)c(=O)n32)cc1. The molecule has 0 fully saturated rings. The molecule has 7 nitrogen and oxygen atoms in total. The number of nitrogens with zero attached hydrogens (tertiary/aromatic N) is 2. The number of hydrogen-bond donors (Lipinski definition) is 0. The summed E-state index contributed by atoms with van der Waals surface area (Å²) in [6.07, 6.45) is 9.28. The summed E-state index contributed by atoms with van der Waals surface area (Å²) in [4.78, 5) is 44.0. The molecule has 1 aliphatic heterocycles. The average Bonchev–Trinajstić information content (AvgIpc) is 3.16. The summed E-state index contributed by atoms with van der Waals surface area (Å²) in [5.41, 5.74) is 1.76. The molecule has 0 radical (unpaired) electrons. The molecule has 0 amide bonds. The van der Waals surface area contributed by atoms with E-state index in [1.807, 2.05) is 19.9 Å². The van der Waals surface area contributed by atoms with Crippen molar-refractivity contribution in [3.63, 3.8) is 0 Å². The van der Waals surface area contributed by atoms with Crippen LogP contribution < -0.4 is 14.9 Å². The summed E-state index contributed by atoms with van der Waals surface area (Å²) in [5, 5.41) is 0. The van der Waals surface area contributed by atoms with Crippen molar-refractivity contribution in [3.05, 3.63) is 78.5 Å². The van der Waals surface area contributed by atoms with Gasteiger partial charge in [0.15, 0.2) is 4.80 Å². The number of fused-ring (bicyclic) bond motifs is 1. The highest BCUT2D eigenvalue weighted by Crippen LogP contribution is 2.31. The number of allylic oxidation sites excluding steroid dienone is 3. The van der Waals surface area contributed by atoms with Gasteiger partial charge >= 0.3 is 11.9 Å². The molecule has 2 unspecified atom stereocenters. The Morgan fingerprint density at radius 1 is 1.20 bits per heavy atom. The maximum atomic E-state index is 13.6. The van der Waals surface area contributed by atoms with Crippen molar-refractivity contribution < 1.29 is 19.1 Å². The minimum absolute atomic E-state index is 0.170. The van der Waals surface area contributed by atoms with Crippen molar-refractivity contribution in [3.8, 4) is 0 Å². The molecular weight excluding hydrogens is 464 g/mol. The van der Waals surface area contributed by atoms with Gasteiger partial charge in [-0.3, -0.25) is 9.36 Å². The lowest BCUT2D eigenvalue weighted by Crippen LogP contribution is -2.40. The van der Waals surface area contributed by atoms with Crippen LogP contribution in [0.2, 0.25) is 0 Å². The Kier molecular flexibility index (Phi) is 7.50. The summed E-state index contributed by atoms with van der Waals surface area (Å²) >= 11 is 1.35. The van der Waals surface area contributed by atoms with Gasteiger partial charge in [-0.15, -0.1) is 0 Å². The second kappa shape index (κ2) is 10.6. The number of aromatic nitrogens is 1. The third kappa shape index (κ3) is 5.22. The van der Waals surface area contributed by atoms with Crippen LogP contribution in [0.25, 0.3) is 6.08 Å². The molecule has 4 rings (SSSR count). The van der Waals surface area contributed by atoms with Crippen LogP contribution in [-0.2, 0) is 14.3 Å². The summed E-state index contributed by atoms with van der Waals surface area (Å²) in [5.74, 6) is -0.474. The van der Waals surface area contributed by atoms with E-state index in [1.165, 1.54) is 18.4 Å². The van der Waals surface area contributed by atoms with Crippen molar-refractivity contribution in [2.45, 2.75) is 46.1 Å². The molecule has 2 atom stereocenters. The largest absolute Gasteiger partial charge is 0.465 e. The quantitative estimate of drug-likeness (QED) is 0.453. The molecule has 1 aromatic carbocycles. The van der Waals surface area contributed by atoms with Gasteiger partial charge in [0.25, 0.3) is 5.56 Å². The highest BCUT2D eigenvalue weighted by Gasteiger charge is 2.33. The minimum atomic E-state index is -0.703. The molecular formula is C27H30N2O5S. The van der Waals surface area contributed by atoms with E-state index >= 15 is 0 Å². The normalized spacial score (nSPS) is 20.0. The fraction of sp³-hybridized carbons (Fsp3) is 0.407. The molecule has 1 aromatic heterocycles. The second-order valence-electron chi connectivity index (χ2n) is 9.25. The van der Waals surface area contributed by atoms with Gasteiger partial charge in [0.1, 0.15) is 0 Å². The third-order valence-electron chi connectivity index (χ3n) is 6.13. The van der Waals surface area contributed by atoms with Crippen LogP contribution in [0.15, 0.2) is 57.5 Å². The Bertz CT molecular complexity index is 1360. The van der Waals surface area contributed by atoms with E-state index in [0.29, 0.717) is 37.6 Å². The molecule has 0 spiro atoms. The lowest BCUT2D eigenvalue weighted by molar-refractivity contribution is -0.140. The fourth-order valence-electron chi connectivity index (χ4n) is 4.33. The first-order chi connectivity index (χ1) is 16.8. The molecule has 0 N–H and O–H groups in total. The smallest absolute Gasteiger partial charge is 0.338 e. The highest BCUT2D eigenvalue weighted by molar-refractivity contribution is 7.07. The molecule has 35 heavy (non-hydrogen) atoms. The lowest BCUT2D eigenvalue weighted by Gasteiger charge is -2.25. The van der Waals surface area contributed by atoms with Crippen molar-refractivity contribution in [2.24, 2.45) is 16.8 Å². The maximum Gasteiger partial charge on any atom is 0.338 e. The molecule has 2 heterocycles. The van der Waals surface area contributed by atoms with Crippen LogP contribution in [0.1, 0.15) is 62.0 Å². The zero-order chi connectivity index (χ0) is 25.1. The summed E-state index contributed by atoms with van der Waals surface area (Å²) in [6, 6.07) is 6.06. The summed E-state index contributed by atoms with van der Waals surface area (Å²) in [7, 11) is 1.32. The average molecular weight is 495 g/mol. The monoisotopic (exact) mass is 494 g/mol. The second-order valence-corrected chi connectivity index (χ2v) is 10.3. The van der Waals surface area contributed by atoms with Gasteiger partial charge in [-0.1, -0.05) is 55.5 Å². The Labute approximate surface area is 208 Å². The molecule has 0 saturated carbocycles. The first-order valence-corrected chi connectivity index (χ1v) is 12.6. The van der Waals surface area contributed by atoms with Gasteiger partial charge < -0.3 is 9.47 Å². The first-order valence-electron chi connectivity index (χ1n) is 11.8. The number of thiazole rings is 1. The number of methoxy groups -OCH3 is 1. The lowest BCUT2D eigenvalue weighted by atomic mass is 9.94. The topological polar surface area (TPSA) is 87.0 Å². The number of carbonyl (C=O) groups is 2. The van der Waals surface area contributed by atoms with Crippen LogP contribution in [0, 0.1) is 11.8 Å². The van der Waals surface area contributed by atoms with Gasteiger partial charge in [-0.2, -0.15) is 0 Å². The molecule has 1 aliphatic carbocycles. The predicted octanol–water partition coefficient (Wildman–Crippen LogP) is 3.53. The molecule has 8 heteroatoms. The number of esters is 2. The Balaban J connectivity index is 1.84. The first kappa shape index (κ1) is 24.9. The third-order valence-corrected chi connectivity index (χ3v) is 7.13. The predicted molar refractivity (Wildman–Crippen MR) is 135 cm³/mol. The molecule has 2 aliphatic rings. The number of rotatable bonds is 6. The standard InChI is InChI=1S/C27H30N2O5S/c1-16(2)15-34-26(32)22-17(3)28-27-29(23(22)19-10-12-20(13-11-19)25(31)33-4)24(30)21(35-27)14-18-8-6-5-7-9-18/h5-6,10-14,16,18,23H,7-9,15H2,1-4H3. The van der Waals surface area contributed by atoms with Crippen LogP contribution in [0.5, 0.6) is 0 Å². The molecule has 0 saturated heterocycles. The number of benzene rings is 1. The van der Waals surface area contributed by atoms with Gasteiger partial charge in [-0.05, 0) is 55.7 Å². The van der Waals surface area contributed by atoms with E-state index in [0.717, 1.165) is 19.3 Å². The van der Waals surface area contributed by atoms with Crippen LogP contribution in [0.3, 0.4) is 0 Å². The Morgan fingerprint density at radius 3 is 2.57 bits per heavy atom. The van der Waals surface area contributed by atoms with Gasteiger partial charge in [-0.25, -0.2) is 14.6 Å². The minimum Gasteiger partial charge on any atom is -0.465 e. The van der Waals surface area contributed by atoms with E-state index in [-0.39, 0.29) is 18.1 Å². The van der Waals surface area contributed by atoms with Crippen molar-refractivity contribution in [1.29, 1.82) is 0 Å². The van der Waals surface area contributed by atoms with Gasteiger partial charge in [0, 0.05) is 0 Å². The van der Waals surface area contributed by atoms with E-state index in [2.05, 4.69) is 17.1 Å². The van der Waals surface area contributed by atoms with Crippen LogP contribution in [0.4, 0.5) is 0 Å². The summed E-state index contributed by atoms with van der Waals surface area (Å²) in [6.45, 7) is 5.97. The van der Waals surface area contributed by atoms with E-state index in [4.69, 9.17) is 9.47 Å². The number of carbonyl (C=O) groups excluding carboxylic acids is 2. The Morgan fingerprint density at radius 2 is 1.94 bits per heavy atom. The Hall–Kier alpha value is -3.26. The zero-order valence-electron chi connectivity index (χ0n) is 20.4. The number of hydrogen-bond acceptors (Lipinski definition) is 7. The fourth-order valence-corrected chi connectivity index (χ4v) is 5.45. The van der Waals surface area contributed by atoms with Crippen molar-refractivity contribution in [2.75, 3.05) is 13.7 Å². The molecule has 0 bridgehead atoms. The summed E-state index contributed by atoms with van der Waals surface area (Å²) < 4.78 is 12.6. The molecule has 2 aromatic rings. The zero-order valence-corrected chi connectivity index (χ0v) is 21.3. The van der Waals surface area contributed by atoms with Gasteiger partial charge in [0.2, 0.25) is 0 Å². The van der Waals surface area contributed by atoms with Crippen LogP contribution in [-0.4, -0.2) is 30.2 Å². The van der Waals surface area contributed by atoms with E-state index in [1.54, 1.807) is 35.8 Å². The maximum absolute atomic E-state index is 13.6. The van der Waals surface area contributed by atoms with Crippen molar-refractivity contribution in [1.82, 2.24) is 4.57 Å². The number of ether oxygens (including phenoxy) is 2. The highest BCUT2D eigenvalue weighted by atomic mass is 32.1.